The molecule has 1 nitrogen and oxygen atoms in total. The first-order valence-electron chi connectivity index (χ1n) is 8.65. The molecular weight excluding hydrogens is 302 g/mol. The number of hydrogen-bond acceptors (Lipinski definition) is 1. The Bertz CT molecular complexity index is 965. The highest BCUT2D eigenvalue weighted by atomic mass is 15.1. The number of benzene rings is 4. The van der Waals surface area contributed by atoms with E-state index >= 15 is 0 Å². The maximum absolute atomic E-state index is 2.37. The summed E-state index contributed by atoms with van der Waals surface area (Å²) in [6.45, 7) is 4.41. The van der Waals surface area contributed by atoms with Gasteiger partial charge in [0.15, 0.2) is 0 Å². The van der Waals surface area contributed by atoms with Gasteiger partial charge in [0.2, 0.25) is 0 Å². The highest BCUT2D eigenvalue weighted by Crippen LogP contribution is 2.41. The molecule has 0 fully saturated rings. The Kier molecular flexibility index (Phi) is 3.99. The van der Waals surface area contributed by atoms with Crippen molar-refractivity contribution in [1.82, 2.24) is 0 Å². The summed E-state index contributed by atoms with van der Waals surface area (Å²) in [4.78, 5) is 2.37. The molecular formula is C24H21N. The van der Waals surface area contributed by atoms with Gasteiger partial charge < -0.3 is 4.90 Å². The molecule has 4 rings (SSSR count). The van der Waals surface area contributed by atoms with Gasteiger partial charge in [-0.25, -0.2) is 0 Å². The maximum Gasteiger partial charge on any atom is 0.0571 e. The lowest BCUT2D eigenvalue weighted by molar-refractivity contribution is 1.24. The Morgan fingerprint density at radius 3 is 1.72 bits per heavy atom. The van der Waals surface area contributed by atoms with Crippen molar-refractivity contribution in [1.29, 1.82) is 0 Å². The summed E-state index contributed by atoms with van der Waals surface area (Å²) < 4.78 is 0. The van der Waals surface area contributed by atoms with Crippen LogP contribution in [0.25, 0.3) is 10.8 Å². The van der Waals surface area contributed by atoms with Crippen molar-refractivity contribution in [3.05, 3.63) is 102 Å². The molecule has 0 heterocycles. The van der Waals surface area contributed by atoms with Crippen LogP contribution >= 0.6 is 0 Å². The van der Waals surface area contributed by atoms with Crippen molar-refractivity contribution in [2.45, 2.75) is 13.8 Å². The minimum atomic E-state index is 1.17. The smallest absolute Gasteiger partial charge is 0.0571 e. The average molecular weight is 323 g/mol. The molecule has 0 aliphatic carbocycles. The number of anilines is 3. The molecule has 0 aromatic heterocycles. The lowest BCUT2D eigenvalue weighted by Gasteiger charge is -2.29. The molecule has 4 aromatic carbocycles. The van der Waals surface area contributed by atoms with Crippen LogP contribution < -0.4 is 4.90 Å². The Morgan fingerprint density at radius 1 is 0.600 bits per heavy atom. The van der Waals surface area contributed by atoms with Crippen LogP contribution in [0, 0.1) is 13.8 Å². The maximum atomic E-state index is 2.37. The van der Waals surface area contributed by atoms with E-state index in [0.717, 1.165) is 0 Å². The summed E-state index contributed by atoms with van der Waals surface area (Å²) in [5, 5.41) is 2.55. The highest BCUT2D eigenvalue weighted by molar-refractivity contribution is 6.01. The first-order chi connectivity index (χ1) is 12.3. The molecule has 0 unspecified atom stereocenters. The molecule has 0 aliphatic rings. The van der Waals surface area contributed by atoms with Gasteiger partial charge in [0.1, 0.15) is 0 Å². The van der Waals surface area contributed by atoms with Crippen molar-refractivity contribution in [2.75, 3.05) is 4.90 Å². The number of aryl methyl sites for hydroxylation is 1. The van der Waals surface area contributed by atoms with Crippen LogP contribution in [-0.2, 0) is 0 Å². The topological polar surface area (TPSA) is 3.24 Å². The van der Waals surface area contributed by atoms with Gasteiger partial charge in [-0.3, -0.25) is 0 Å². The minimum absolute atomic E-state index is 1.17. The van der Waals surface area contributed by atoms with Crippen molar-refractivity contribution >= 4 is 27.8 Å². The first kappa shape index (κ1) is 15.5. The SMILES string of the molecule is Cc1cc2ccccc2c(N(c2ccccc2)c2ccccc2)c1C. The molecule has 4 aromatic rings. The van der Waals surface area contributed by atoms with Gasteiger partial charge in [-0.1, -0.05) is 66.7 Å². The molecule has 0 radical (unpaired) electrons. The van der Waals surface area contributed by atoms with E-state index in [1.807, 2.05) is 0 Å². The van der Waals surface area contributed by atoms with E-state index < -0.39 is 0 Å². The van der Waals surface area contributed by atoms with E-state index in [4.69, 9.17) is 0 Å². The Balaban J connectivity index is 2.07. The second-order valence-corrected chi connectivity index (χ2v) is 6.39. The molecule has 0 aliphatic heterocycles. The zero-order chi connectivity index (χ0) is 17.2. The fraction of sp³-hybridized carbons (Fsp3) is 0.0833. The molecule has 0 bridgehead atoms. The van der Waals surface area contributed by atoms with Crippen LogP contribution in [0.2, 0.25) is 0 Å². The normalized spacial score (nSPS) is 10.8. The molecule has 25 heavy (non-hydrogen) atoms. The van der Waals surface area contributed by atoms with Gasteiger partial charge in [0.05, 0.1) is 5.69 Å². The van der Waals surface area contributed by atoms with E-state index in [1.54, 1.807) is 0 Å². The average Bonchev–Trinajstić information content (AvgIpc) is 2.67. The number of rotatable bonds is 3. The summed E-state index contributed by atoms with van der Waals surface area (Å²) in [5.41, 5.74) is 6.23. The van der Waals surface area contributed by atoms with E-state index in [1.165, 1.54) is 39.0 Å². The van der Waals surface area contributed by atoms with E-state index in [2.05, 4.69) is 110 Å². The van der Waals surface area contributed by atoms with Crippen molar-refractivity contribution in [2.24, 2.45) is 0 Å². The zero-order valence-corrected chi connectivity index (χ0v) is 14.6. The van der Waals surface area contributed by atoms with E-state index in [9.17, 15) is 0 Å². The van der Waals surface area contributed by atoms with Crippen LogP contribution in [0.15, 0.2) is 91.0 Å². The summed E-state index contributed by atoms with van der Waals surface area (Å²) in [7, 11) is 0. The fourth-order valence-corrected chi connectivity index (χ4v) is 3.42. The third kappa shape index (κ3) is 2.78. The van der Waals surface area contributed by atoms with Gasteiger partial charge in [-0.2, -0.15) is 0 Å². The summed E-state index contributed by atoms with van der Waals surface area (Å²) in [6, 6.07) is 32.1. The molecule has 0 saturated carbocycles. The number of para-hydroxylation sites is 2. The van der Waals surface area contributed by atoms with E-state index in [0.29, 0.717) is 0 Å². The number of fused-ring (bicyclic) bond motifs is 1. The third-order valence-electron chi connectivity index (χ3n) is 4.79. The van der Waals surface area contributed by atoms with Gasteiger partial charge >= 0.3 is 0 Å². The predicted molar refractivity (Wildman–Crippen MR) is 108 cm³/mol. The molecule has 0 spiro atoms. The van der Waals surface area contributed by atoms with Gasteiger partial charge in [0, 0.05) is 16.8 Å². The van der Waals surface area contributed by atoms with Gasteiger partial charge in [0.25, 0.3) is 0 Å². The summed E-state index contributed by atoms with van der Waals surface area (Å²) in [6.07, 6.45) is 0. The van der Waals surface area contributed by atoms with Gasteiger partial charge in [-0.05, 0) is 54.6 Å². The Morgan fingerprint density at radius 2 is 1.12 bits per heavy atom. The highest BCUT2D eigenvalue weighted by Gasteiger charge is 2.18. The first-order valence-corrected chi connectivity index (χ1v) is 8.65. The zero-order valence-electron chi connectivity index (χ0n) is 14.6. The summed E-state index contributed by atoms with van der Waals surface area (Å²) in [5.74, 6) is 0. The Hall–Kier alpha value is -3.06. The molecule has 0 saturated heterocycles. The van der Waals surface area contributed by atoms with Crippen LogP contribution in [0.4, 0.5) is 17.1 Å². The third-order valence-corrected chi connectivity index (χ3v) is 4.79. The summed E-state index contributed by atoms with van der Waals surface area (Å²) >= 11 is 0. The largest absolute Gasteiger partial charge is 0.310 e. The standard InChI is InChI=1S/C24H21N/c1-18-17-20-11-9-10-16-23(20)24(19(18)2)25(21-12-5-3-6-13-21)22-14-7-4-8-15-22/h3-17H,1-2H3. The Labute approximate surface area is 149 Å². The quantitative estimate of drug-likeness (QED) is 0.395. The van der Waals surface area contributed by atoms with Crippen molar-refractivity contribution in [3.63, 3.8) is 0 Å². The lowest BCUT2D eigenvalue weighted by Crippen LogP contribution is -2.12. The minimum Gasteiger partial charge on any atom is -0.310 e. The number of hydrogen-bond donors (Lipinski definition) is 0. The van der Waals surface area contributed by atoms with Gasteiger partial charge in [-0.15, -0.1) is 0 Å². The molecule has 0 amide bonds. The van der Waals surface area contributed by atoms with E-state index in [-0.39, 0.29) is 0 Å². The van der Waals surface area contributed by atoms with Crippen molar-refractivity contribution in [3.8, 4) is 0 Å². The fourth-order valence-electron chi connectivity index (χ4n) is 3.42. The molecule has 0 atom stereocenters. The lowest BCUT2D eigenvalue weighted by atomic mass is 9.98. The van der Waals surface area contributed by atoms with Crippen molar-refractivity contribution < 1.29 is 0 Å². The van der Waals surface area contributed by atoms with Crippen LogP contribution in [0.1, 0.15) is 11.1 Å². The monoisotopic (exact) mass is 323 g/mol. The molecule has 1 heteroatoms. The van der Waals surface area contributed by atoms with Crippen LogP contribution in [0.3, 0.4) is 0 Å². The predicted octanol–water partition coefficient (Wildman–Crippen LogP) is 6.93. The second kappa shape index (κ2) is 6.45. The number of nitrogens with zero attached hydrogens (tertiary/aromatic N) is 1. The second-order valence-electron chi connectivity index (χ2n) is 6.39. The molecule has 122 valence electrons. The molecule has 0 N–H and O–H groups in total. The van der Waals surface area contributed by atoms with Crippen LogP contribution in [0.5, 0.6) is 0 Å². The van der Waals surface area contributed by atoms with Crippen LogP contribution in [-0.4, -0.2) is 0 Å².